The van der Waals surface area contributed by atoms with Crippen molar-refractivity contribution in [2.75, 3.05) is 20.8 Å². The van der Waals surface area contributed by atoms with Gasteiger partial charge in [0.25, 0.3) is 5.69 Å². The molecule has 0 aliphatic carbocycles. The molecule has 2 aromatic carbocycles. The molecule has 1 amide bonds. The summed E-state index contributed by atoms with van der Waals surface area (Å²) in [6.45, 7) is 0.555. The molecule has 29 heavy (non-hydrogen) atoms. The van der Waals surface area contributed by atoms with E-state index in [1.54, 1.807) is 14.2 Å². The van der Waals surface area contributed by atoms with Crippen molar-refractivity contribution < 1.29 is 19.2 Å². The summed E-state index contributed by atoms with van der Waals surface area (Å²) in [6, 6.07) is 11.5. The summed E-state index contributed by atoms with van der Waals surface area (Å²) in [5.74, 6) is 1.00. The summed E-state index contributed by atoms with van der Waals surface area (Å²) in [5.41, 5.74) is 6.79. The number of nitrogens with one attached hydrogen (secondary N) is 3. The first kappa shape index (κ1) is 21.9. The third kappa shape index (κ3) is 6.92. The average molecular weight is 418 g/mol. The monoisotopic (exact) mass is 418 g/mol. The molecule has 0 aliphatic heterocycles. The molecule has 0 aliphatic rings. The van der Waals surface area contributed by atoms with E-state index in [0.29, 0.717) is 30.0 Å². The number of nitrogens with zero attached hydrogens (tertiary/aromatic N) is 1. The summed E-state index contributed by atoms with van der Waals surface area (Å²) in [4.78, 5) is 22.1. The van der Waals surface area contributed by atoms with Crippen LogP contribution in [-0.4, -0.2) is 36.7 Å². The second-order valence-electron chi connectivity index (χ2n) is 5.97. The normalized spacial score (nSPS) is 10.0. The highest BCUT2D eigenvalue weighted by molar-refractivity contribution is 7.80. The fraction of sp³-hybridized carbons (Fsp3) is 0.263. The first-order valence-corrected chi connectivity index (χ1v) is 9.10. The second-order valence-corrected chi connectivity index (χ2v) is 6.38. The van der Waals surface area contributed by atoms with Crippen LogP contribution in [0.5, 0.6) is 11.5 Å². The van der Waals surface area contributed by atoms with E-state index >= 15 is 0 Å². The van der Waals surface area contributed by atoms with Gasteiger partial charge in [0.05, 0.1) is 25.6 Å². The Morgan fingerprint density at radius 1 is 1.03 bits per heavy atom. The molecule has 0 saturated heterocycles. The number of carbonyl (C=O) groups is 1. The predicted molar refractivity (Wildman–Crippen MR) is 112 cm³/mol. The van der Waals surface area contributed by atoms with Crippen LogP contribution < -0.4 is 25.6 Å². The van der Waals surface area contributed by atoms with Crippen molar-refractivity contribution in [3.8, 4) is 11.5 Å². The molecule has 2 aromatic rings. The lowest BCUT2D eigenvalue weighted by molar-refractivity contribution is -0.384. The largest absolute Gasteiger partial charge is 0.493 e. The molecule has 0 atom stereocenters. The smallest absolute Gasteiger partial charge is 0.269 e. The van der Waals surface area contributed by atoms with Crippen LogP contribution in [0.1, 0.15) is 11.1 Å². The summed E-state index contributed by atoms with van der Waals surface area (Å²) in [7, 11) is 3.16. The lowest BCUT2D eigenvalue weighted by Crippen LogP contribution is -2.47. The van der Waals surface area contributed by atoms with Gasteiger partial charge >= 0.3 is 0 Å². The zero-order chi connectivity index (χ0) is 21.2. The Morgan fingerprint density at radius 2 is 1.69 bits per heavy atom. The number of methoxy groups -OCH3 is 2. The number of nitro benzene ring substituents is 1. The van der Waals surface area contributed by atoms with Gasteiger partial charge in [-0.3, -0.25) is 25.8 Å². The highest BCUT2D eigenvalue weighted by Crippen LogP contribution is 2.27. The number of ether oxygens (including phenoxy) is 2. The van der Waals surface area contributed by atoms with Crippen molar-refractivity contribution >= 4 is 28.9 Å². The maximum absolute atomic E-state index is 11.9. The minimum Gasteiger partial charge on any atom is -0.493 e. The van der Waals surface area contributed by atoms with Crippen LogP contribution in [0.15, 0.2) is 42.5 Å². The molecule has 154 valence electrons. The molecular formula is C19H22N4O5S. The second kappa shape index (κ2) is 10.8. The predicted octanol–water partition coefficient (Wildman–Crippen LogP) is 1.89. The topological polar surface area (TPSA) is 115 Å². The number of rotatable bonds is 8. The lowest BCUT2D eigenvalue weighted by Gasteiger charge is -2.12. The van der Waals surface area contributed by atoms with Crippen LogP contribution in [-0.2, 0) is 17.6 Å². The molecule has 0 saturated carbocycles. The maximum atomic E-state index is 11.9. The lowest BCUT2D eigenvalue weighted by atomic mass is 10.1. The third-order valence-electron chi connectivity index (χ3n) is 3.97. The number of amides is 1. The zero-order valence-electron chi connectivity index (χ0n) is 16.1. The number of carbonyl (C=O) groups excluding carboxylic acids is 1. The van der Waals surface area contributed by atoms with E-state index in [1.807, 2.05) is 18.2 Å². The van der Waals surface area contributed by atoms with Crippen molar-refractivity contribution in [1.82, 2.24) is 16.2 Å². The molecular weight excluding hydrogens is 396 g/mol. The van der Waals surface area contributed by atoms with Gasteiger partial charge in [0.1, 0.15) is 0 Å². The molecule has 0 fully saturated rings. The number of nitro groups is 1. The molecule has 2 rings (SSSR count). The van der Waals surface area contributed by atoms with Crippen molar-refractivity contribution in [3.63, 3.8) is 0 Å². The minimum absolute atomic E-state index is 0.0212. The number of thiocarbonyl (C=S) groups is 1. The van der Waals surface area contributed by atoms with E-state index in [-0.39, 0.29) is 23.1 Å². The number of hydrazine groups is 1. The van der Waals surface area contributed by atoms with E-state index in [0.717, 1.165) is 5.56 Å². The Balaban J connectivity index is 1.71. The van der Waals surface area contributed by atoms with Gasteiger partial charge in [-0.15, -0.1) is 0 Å². The van der Waals surface area contributed by atoms with E-state index in [1.165, 1.54) is 24.3 Å². The van der Waals surface area contributed by atoms with Crippen LogP contribution in [0.25, 0.3) is 0 Å². The van der Waals surface area contributed by atoms with Crippen molar-refractivity contribution in [2.24, 2.45) is 0 Å². The van der Waals surface area contributed by atoms with Crippen LogP contribution in [0.4, 0.5) is 5.69 Å². The highest BCUT2D eigenvalue weighted by Gasteiger charge is 2.08. The van der Waals surface area contributed by atoms with Crippen LogP contribution in [0.3, 0.4) is 0 Å². The number of non-ortho nitro benzene ring substituents is 1. The van der Waals surface area contributed by atoms with E-state index in [2.05, 4.69) is 16.2 Å². The van der Waals surface area contributed by atoms with Gasteiger partial charge in [0, 0.05) is 18.7 Å². The molecule has 0 unspecified atom stereocenters. The SMILES string of the molecule is COc1ccc(CCNC(=S)NNC(=O)Cc2ccc([N+](=O)[O-])cc2)cc1OC. The molecule has 0 spiro atoms. The molecule has 0 heterocycles. The van der Waals surface area contributed by atoms with Crippen LogP contribution in [0.2, 0.25) is 0 Å². The molecule has 10 heteroatoms. The van der Waals surface area contributed by atoms with Crippen LogP contribution in [0, 0.1) is 10.1 Å². The molecule has 3 N–H and O–H groups in total. The van der Waals surface area contributed by atoms with Crippen LogP contribution >= 0.6 is 12.2 Å². The standard InChI is InChI=1S/C19H22N4O5S/c1-27-16-8-5-14(11-17(16)28-2)9-10-20-19(29)22-21-18(24)12-13-3-6-15(7-4-13)23(25)26/h3-8,11H,9-10,12H2,1-2H3,(H,21,24)(H2,20,22,29). The van der Waals surface area contributed by atoms with Gasteiger partial charge in [0.2, 0.25) is 5.91 Å². The maximum Gasteiger partial charge on any atom is 0.269 e. The zero-order valence-corrected chi connectivity index (χ0v) is 16.9. The Morgan fingerprint density at radius 3 is 2.31 bits per heavy atom. The Labute approximate surface area is 173 Å². The summed E-state index contributed by atoms with van der Waals surface area (Å²) >= 11 is 5.13. The van der Waals surface area contributed by atoms with E-state index in [4.69, 9.17) is 21.7 Å². The molecule has 0 radical (unpaired) electrons. The van der Waals surface area contributed by atoms with Gasteiger partial charge in [-0.2, -0.15) is 0 Å². The van der Waals surface area contributed by atoms with Gasteiger partial charge < -0.3 is 14.8 Å². The van der Waals surface area contributed by atoms with Crippen molar-refractivity contribution in [3.05, 3.63) is 63.7 Å². The summed E-state index contributed by atoms with van der Waals surface area (Å²) in [6.07, 6.45) is 0.762. The van der Waals surface area contributed by atoms with E-state index in [9.17, 15) is 14.9 Å². The Bertz CT molecular complexity index is 873. The highest BCUT2D eigenvalue weighted by atomic mass is 32.1. The average Bonchev–Trinajstić information content (AvgIpc) is 2.72. The summed E-state index contributed by atoms with van der Waals surface area (Å²) < 4.78 is 10.5. The van der Waals surface area contributed by atoms with Crippen molar-refractivity contribution in [2.45, 2.75) is 12.8 Å². The first-order chi connectivity index (χ1) is 13.9. The molecule has 0 aromatic heterocycles. The Kier molecular flexibility index (Phi) is 8.16. The fourth-order valence-electron chi connectivity index (χ4n) is 2.49. The third-order valence-corrected chi connectivity index (χ3v) is 4.22. The van der Waals surface area contributed by atoms with Gasteiger partial charge in [-0.05, 0) is 41.9 Å². The summed E-state index contributed by atoms with van der Waals surface area (Å²) in [5, 5.41) is 13.9. The van der Waals surface area contributed by atoms with Gasteiger partial charge in [-0.25, -0.2) is 0 Å². The number of hydrogen-bond donors (Lipinski definition) is 3. The Hall–Kier alpha value is -3.40. The minimum atomic E-state index is -0.489. The molecule has 0 bridgehead atoms. The van der Waals surface area contributed by atoms with E-state index < -0.39 is 4.92 Å². The number of benzene rings is 2. The molecule has 9 nitrogen and oxygen atoms in total. The number of hydrogen-bond acceptors (Lipinski definition) is 6. The first-order valence-electron chi connectivity index (χ1n) is 8.70. The quantitative estimate of drug-likeness (QED) is 0.338. The van der Waals surface area contributed by atoms with Crippen molar-refractivity contribution in [1.29, 1.82) is 0 Å². The fourth-order valence-corrected chi connectivity index (χ4v) is 2.65. The van der Waals surface area contributed by atoms with Gasteiger partial charge in [-0.1, -0.05) is 18.2 Å². The van der Waals surface area contributed by atoms with Gasteiger partial charge in [0.15, 0.2) is 16.6 Å².